The molecule has 1 unspecified atom stereocenters. The number of hydrogen-bond donors (Lipinski definition) is 3. The molecule has 22 heavy (non-hydrogen) atoms. The molecule has 0 bridgehead atoms. The van der Waals surface area contributed by atoms with E-state index in [0.29, 0.717) is 6.42 Å². The van der Waals surface area contributed by atoms with Gasteiger partial charge in [0.15, 0.2) is 0 Å². The molecule has 0 radical (unpaired) electrons. The van der Waals surface area contributed by atoms with Crippen molar-refractivity contribution in [2.75, 3.05) is 11.6 Å². The van der Waals surface area contributed by atoms with Crippen LogP contribution in [0.15, 0.2) is 30.3 Å². The largest absolute Gasteiger partial charge is 0.335 e. The number of rotatable bonds is 6. The van der Waals surface area contributed by atoms with Crippen molar-refractivity contribution in [3.05, 3.63) is 47.3 Å². The van der Waals surface area contributed by atoms with Crippen molar-refractivity contribution in [1.29, 1.82) is 0 Å². The van der Waals surface area contributed by atoms with Gasteiger partial charge in [-0.05, 0) is 37.8 Å². The van der Waals surface area contributed by atoms with Gasteiger partial charge in [-0.1, -0.05) is 18.2 Å². The second kappa shape index (κ2) is 7.89. The molecule has 1 heterocycles. The van der Waals surface area contributed by atoms with E-state index in [2.05, 4.69) is 20.8 Å². The Hall–Kier alpha value is -1.95. The van der Waals surface area contributed by atoms with E-state index in [1.165, 1.54) is 0 Å². The van der Waals surface area contributed by atoms with Crippen molar-refractivity contribution in [2.24, 2.45) is 0 Å². The average Bonchev–Trinajstić information content (AvgIpc) is 2.86. The Morgan fingerprint density at radius 2 is 2.18 bits per heavy atom. The van der Waals surface area contributed by atoms with E-state index in [-0.39, 0.29) is 12.1 Å². The zero-order valence-electron chi connectivity index (χ0n) is 13.1. The predicted octanol–water partition coefficient (Wildman–Crippen LogP) is 3.33. The number of aromatic nitrogens is 2. The summed E-state index contributed by atoms with van der Waals surface area (Å²) >= 11 is 1.73. The van der Waals surface area contributed by atoms with Gasteiger partial charge >= 0.3 is 6.03 Å². The minimum absolute atomic E-state index is 0.00964. The van der Waals surface area contributed by atoms with Gasteiger partial charge in [-0.15, -0.1) is 0 Å². The third-order valence-corrected chi connectivity index (χ3v) is 3.82. The zero-order chi connectivity index (χ0) is 15.9. The molecule has 118 valence electrons. The number of carbonyl (C=O) groups is 1. The van der Waals surface area contributed by atoms with Crippen LogP contribution in [0.3, 0.4) is 0 Å². The Bertz CT molecular complexity index is 626. The maximum Gasteiger partial charge on any atom is 0.319 e. The van der Waals surface area contributed by atoms with Crippen molar-refractivity contribution in [1.82, 2.24) is 15.5 Å². The van der Waals surface area contributed by atoms with Crippen LogP contribution in [0.25, 0.3) is 0 Å². The number of benzene rings is 1. The lowest BCUT2D eigenvalue weighted by atomic mass is 10.2. The summed E-state index contributed by atoms with van der Waals surface area (Å²) in [6.07, 6.45) is 2.75. The first kappa shape index (κ1) is 16.4. The maximum absolute atomic E-state index is 12.1. The van der Waals surface area contributed by atoms with Crippen molar-refractivity contribution < 1.29 is 4.79 Å². The first-order valence-electron chi connectivity index (χ1n) is 7.23. The lowest BCUT2D eigenvalue weighted by Gasteiger charge is -2.15. The van der Waals surface area contributed by atoms with Crippen LogP contribution in [0.4, 0.5) is 10.5 Å². The highest BCUT2D eigenvalue weighted by molar-refractivity contribution is 7.97. The zero-order valence-corrected chi connectivity index (χ0v) is 14.0. The number of urea groups is 1. The Balaban J connectivity index is 1.89. The van der Waals surface area contributed by atoms with Gasteiger partial charge in [0, 0.05) is 29.6 Å². The molecule has 6 heteroatoms. The number of anilines is 1. The van der Waals surface area contributed by atoms with Crippen molar-refractivity contribution in [2.45, 2.75) is 32.1 Å². The molecule has 0 aliphatic carbocycles. The molecule has 0 saturated heterocycles. The highest BCUT2D eigenvalue weighted by Gasteiger charge is 2.11. The number of H-pyrrole nitrogens is 1. The van der Waals surface area contributed by atoms with E-state index < -0.39 is 0 Å². The summed E-state index contributed by atoms with van der Waals surface area (Å²) < 4.78 is 0. The fourth-order valence-corrected chi connectivity index (χ4v) is 2.81. The summed E-state index contributed by atoms with van der Waals surface area (Å²) in [4.78, 5) is 12.1. The summed E-state index contributed by atoms with van der Waals surface area (Å²) in [6, 6.07) is 9.68. The first-order valence-corrected chi connectivity index (χ1v) is 8.63. The smallest absolute Gasteiger partial charge is 0.319 e. The lowest BCUT2D eigenvalue weighted by molar-refractivity contribution is 0.249. The Labute approximate surface area is 135 Å². The second-order valence-electron chi connectivity index (χ2n) is 5.34. The molecular weight excluding hydrogens is 296 g/mol. The molecule has 2 aromatic rings. The maximum atomic E-state index is 12.1. The van der Waals surface area contributed by atoms with E-state index in [4.69, 9.17) is 0 Å². The SMILES string of the molecule is CSCc1ccccc1NC(=O)NC(C)Cc1cc(C)[nH]n1. The molecule has 1 aromatic carbocycles. The second-order valence-corrected chi connectivity index (χ2v) is 6.20. The van der Waals surface area contributed by atoms with E-state index in [9.17, 15) is 4.79 Å². The molecule has 0 aliphatic rings. The molecule has 2 amide bonds. The Kier molecular flexibility index (Phi) is 5.89. The fraction of sp³-hybridized carbons (Fsp3) is 0.375. The minimum Gasteiger partial charge on any atom is -0.335 e. The Morgan fingerprint density at radius 3 is 2.86 bits per heavy atom. The van der Waals surface area contributed by atoms with Crippen LogP contribution in [0.5, 0.6) is 0 Å². The van der Waals surface area contributed by atoms with E-state index in [1.807, 2.05) is 50.4 Å². The summed E-state index contributed by atoms with van der Waals surface area (Å²) in [7, 11) is 0. The van der Waals surface area contributed by atoms with Crippen LogP contribution >= 0.6 is 11.8 Å². The highest BCUT2D eigenvalue weighted by Crippen LogP contribution is 2.19. The molecule has 2 rings (SSSR count). The fourth-order valence-electron chi connectivity index (χ4n) is 2.25. The van der Waals surface area contributed by atoms with Gasteiger partial charge in [0.1, 0.15) is 0 Å². The molecule has 0 aliphatic heterocycles. The van der Waals surface area contributed by atoms with Gasteiger partial charge in [0.05, 0.1) is 5.69 Å². The summed E-state index contributed by atoms with van der Waals surface area (Å²) in [6.45, 7) is 3.93. The van der Waals surface area contributed by atoms with Crippen LogP contribution in [0.1, 0.15) is 23.9 Å². The van der Waals surface area contributed by atoms with Crippen LogP contribution in [0.2, 0.25) is 0 Å². The lowest BCUT2D eigenvalue weighted by Crippen LogP contribution is -2.37. The van der Waals surface area contributed by atoms with Gasteiger partial charge < -0.3 is 10.6 Å². The first-order chi connectivity index (χ1) is 10.6. The van der Waals surface area contributed by atoms with Crippen LogP contribution in [0, 0.1) is 6.92 Å². The van der Waals surface area contributed by atoms with Crippen LogP contribution < -0.4 is 10.6 Å². The normalized spacial score (nSPS) is 12.0. The molecule has 5 nitrogen and oxygen atoms in total. The molecule has 1 aromatic heterocycles. The monoisotopic (exact) mass is 318 g/mol. The molecule has 1 atom stereocenters. The number of thioether (sulfide) groups is 1. The number of nitrogens with zero attached hydrogens (tertiary/aromatic N) is 1. The van der Waals surface area contributed by atoms with Crippen molar-refractivity contribution in [3.8, 4) is 0 Å². The highest BCUT2D eigenvalue weighted by atomic mass is 32.2. The number of carbonyl (C=O) groups excluding carboxylic acids is 1. The topological polar surface area (TPSA) is 69.8 Å². The minimum atomic E-state index is -0.187. The number of para-hydroxylation sites is 1. The van der Waals surface area contributed by atoms with E-state index >= 15 is 0 Å². The van der Waals surface area contributed by atoms with Crippen LogP contribution in [-0.4, -0.2) is 28.5 Å². The summed E-state index contributed by atoms with van der Waals surface area (Å²) in [5.41, 5.74) is 3.96. The van der Waals surface area contributed by atoms with E-state index in [0.717, 1.165) is 28.4 Å². The van der Waals surface area contributed by atoms with Gasteiger partial charge in [0.2, 0.25) is 0 Å². The van der Waals surface area contributed by atoms with Crippen molar-refractivity contribution >= 4 is 23.5 Å². The third kappa shape index (κ3) is 4.80. The van der Waals surface area contributed by atoms with Gasteiger partial charge in [-0.25, -0.2) is 4.79 Å². The molecule has 0 saturated carbocycles. The number of aromatic amines is 1. The summed E-state index contributed by atoms with van der Waals surface area (Å²) in [5, 5.41) is 13.0. The molecule has 0 spiro atoms. The molecule has 0 fully saturated rings. The predicted molar refractivity (Wildman–Crippen MR) is 92.3 cm³/mol. The molecule has 3 N–H and O–H groups in total. The number of amides is 2. The van der Waals surface area contributed by atoms with Gasteiger partial charge in [-0.3, -0.25) is 5.10 Å². The van der Waals surface area contributed by atoms with Crippen molar-refractivity contribution in [3.63, 3.8) is 0 Å². The number of nitrogens with one attached hydrogen (secondary N) is 3. The van der Waals surface area contributed by atoms with Gasteiger partial charge in [-0.2, -0.15) is 16.9 Å². The number of hydrogen-bond acceptors (Lipinski definition) is 3. The number of aryl methyl sites for hydroxylation is 1. The van der Waals surface area contributed by atoms with Crippen LogP contribution in [-0.2, 0) is 12.2 Å². The van der Waals surface area contributed by atoms with Gasteiger partial charge in [0.25, 0.3) is 0 Å². The standard InChI is InChI=1S/C16H22N4OS/c1-11(8-14-9-12(2)19-20-14)17-16(21)18-15-7-5-4-6-13(15)10-22-3/h4-7,9,11H,8,10H2,1-3H3,(H,19,20)(H2,17,18,21). The molecular formula is C16H22N4OS. The average molecular weight is 318 g/mol. The quantitative estimate of drug-likeness (QED) is 0.765. The summed E-state index contributed by atoms with van der Waals surface area (Å²) in [5.74, 6) is 0.874. The third-order valence-electron chi connectivity index (χ3n) is 3.22. The van der Waals surface area contributed by atoms with E-state index in [1.54, 1.807) is 11.8 Å². The Morgan fingerprint density at radius 1 is 1.41 bits per heavy atom.